The lowest BCUT2D eigenvalue weighted by Crippen LogP contribution is -1.96. The van der Waals surface area contributed by atoms with E-state index in [9.17, 15) is 0 Å². The number of nitrogens with zero attached hydrogens (tertiary/aromatic N) is 2. The Morgan fingerprint density at radius 1 is 1.07 bits per heavy atom. The molecule has 0 saturated heterocycles. The van der Waals surface area contributed by atoms with Crippen molar-refractivity contribution in [2.45, 2.75) is 18.8 Å². The topological polar surface area (TPSA) is 67.8 Å². The molecule has 3 nitrogen and oxygen atoms in total. The fourth-order valence-corrected chi connectivity index (χ4v) is 1.27. The minimum Gasteiger partial charge on any atom is -0.508 e. The molecule has 0 amide bonds. The van der Waals surface area contributed by atoms with E-state index in [0.29, 0.717) is 12.8 Å². The van der Waals surface area contributed by atoms with Crippen LogP contribution in [-0.4, -0.2) is 5.11 Å². The summed E-state index contributed by atoms with van der Waals surface area (Å²) in [6.07, 6.45) is 0.663. The van der Waals surface area contributed by atoms with Crippen LogP contribution in [0.5, 0.6) is 5.75 Å². The van der Waals surface area contributed by atoms with Crippen LogP contribution in [0.3, 0.4) is 0 Å². The van der Waals surface area contributed by atoms with Crippen LogP contribution in [0.4, 0.5) is 0 Å². The van der Waals surface area contributed by atoms with Crippen LogP contribution in [0.25, 0.3) is 0 Å². The summed E-state index contributed by atoms with van der Waals surface area (Å²) in [6.45, 7) is 0. The van der Waals surface area contributed by atoms with Crippen molar-refractivity contribution in [3.05, 3.63) is 29.8 Å². The molecule has 0 saturated carbocycles. The van der Waals surface area contributed by atoms with Crippen LogP contribution >= 0.6 is 0 Å². The highest BCUT2D eigenvalue weighted by Gasteiger charge is 2.10. The Morgan fingerprint density at radius 3 is 2.00 bits per heavy atom. The van der Waals surface area contributed by atoms with E-state index in [1.165, 1.54) is 0 Å². The van der Waals surface area contributed by atoms with Crippen LogP contribution in [-0.2, 0) is 0 Å². The molecule has 0 atom stereocenters. The largest absolute Gasteiger partial charge is 0.508 e. The molecule has 0 aromatic heterocycles. The van der Waals surface area contributed by atoms with Crippen LogP contribution < -0.4 is 0 Å². The van der Waals surface area contributed by atoms with Crippen molar-refractivity contribution < 1.29 is 5.11 Å². The lowest BCUT2D eigenvalue weighted by atomic mass is 9.94. The Balaban J connectivity index is 2.84. The first-order chi connectivity index (χ1) is 6.77. The van der Waals surface area contributed by atoms with Crippen LogP contribution in [0, 0.1) is 22.7 Å². The first-order valence-electron chi connectivity index (χ1n) is 4.30. The quantitative estimate of drug-likeness (QED) is 0.787. The number of aromatic hydroxyl groups is 1. The van der Waals surface area contributed by atoms with E-state index in [1.54, 1.807) is 24.3 Å². The number of phenols is 1. The second kappa shape index (κ2) is 4.89. The van der Waals surface area contributed by atoms with Gasteiger partial charge in [-0.1, -0.05) is 12.1 Å². The molecule has 0 aliphatic heterocycles. The molecule has 0 fully saturated rings. The third kappa shape index (κ3) is 2.50. The average molecular weight is 186 g/mol. The monoisotopic (exact) mass is 186 g/mol. The van der Waals surface area contributed by atoms with E-state index < -0.39 is 0 Å². The number of rotatable bonds is 3. The summed E-state index contributed by atoms with van der Waals surface area (Å²) in [5, 5.41) is 26.2. The summed E-state index contributed by atoms with van der Waals surface area (Å²) in [4.78, 5) is 0. The lowest BCUT2D eigenvalue weighted by molar-refractivity contribution is 0.475. The molecule has 1 aromatic rings. The Morgan fingerprint density at radius 2 is 1.57 bits per heavy atom. The molecule has 1 rings (SSSR count). The predicted octanol–water partition coefficient (Wildman–Crippen LogP) is 2.30. The highest BCUT2D eigenvalue weighted by atomic mass is 16.3. The normalized spacial score (nSPS) is 9.36. The third-order valence-corrected chi connectivity index (χ3v) is 2.04. The fraction of sp³-hybridized carbons (Fsp3) is 0.273. The molecule has 0 radical (unpaired) electrons. The number of hydrogen-bond acceptors (Lipinski definition) is 3. The van der Waals surface area contributed by atoms with Crippen LogP contribution in [0.1, 0.15) is 24.3 Å². The van der Waals surface area contributed by atoms with E-state index in [2.05, 4.69) is 12.1 Å². The summed E-state index contributed by atoms with van der Waals surface area (Å²) >= 11 is 0. The zero-order valence-electron chi connectivity index (χ0n) is 7.64. The van der Waals surface area contributed by atoms with Gasteiger partial charge in [-0.05, 0) is 17.7 Å². The molecular formula is C11H10N2O. The first kappa shape index (κ1) is 10.1. The molecule has 3 heteroatoms. The van der Waals surface area contributed by atoms with Gasteiger partial charge in [-0.25, -0.2) is 0 Å². The molecule has 0 heterocycles. The fourth-order valence-electron chi connectivity index (χ4n) is 1.27. The second-order valence-electron chi connectivity index (χ2n) is 3.01. The maximum Gasteiger partial charge on any atom is 0.115 e. The highest BCUT2D eigenvalue weighted by molar-refractivity contribution is 5.29. The zero-order chi connectivity index (χ0) is 10.4. The molecule has 0 bridgehead atoms. The number of nitriles is 2. The Bertz CT molecular complexity index is 354. The summed E-state index contributed by atoms with van der Waals surface area (Å²) in [7, 11) is 0. The zero-order valence-corrected chi connectivity index (χ0v) is 7.64. The maximum atomic E-state index is 9.07. The van der Waals surface area contributed by atoms with E-state index >= 15 is 0 Å². The van der Waals surface area contributed by atoms with Gasteiger partial charge in [-0.15, -0.1) is 0 Å². The van der Waals surface area contributed by atoms with E-state index in [4.69, 9.17) is 15.6 Å². The summed E-state index contributed by atoms with van der Waals surface area (Å²) in [6, 6.07) is 10.7. The third-order valence-electron chi connectivity index (χ3n) is 2.04. The molecule has 0 aliphatic carbocycles. The van der Waals surface area contributed by atoms with Crippen molar-refractivity contribution in [3.8, 4) is 17.9 Å². The van der Waals surface area contributed by atoms with Crippen LogP contribution in [0.15, 0.2) is 24.3 Å². The van der Waals surface area contributed by atoms with Crippen molar-refractivity contribution in [1.29, 1.82) is 10.5 Å². The van der Waals surface area contributed by atoms with Crippen molar-refractivity contribution in [1.82, 2.24) is 0 Å². The lowest BCUT2D eigenvalue weighted by Gasteiger charge is -2.09. The number of phenolic OH excluding ortho intramolecular Hbond substituents is 1. The smallest absolute Gasteiger partial charge is 0.115 e. The number of benzene rings is 1. The molecule has 14 heavy (non-hydrogen) atoms. The van der Waals surface area contributed by atoms with E-state index in [-0.39, 0.29) is 11.7 Å². The van der Waals surface area contributed by atoms with Gasteiger partial charge in [0.2, 0.25) is 0 Å². The standard InChI is InChI=1S/C11H10N2O/c12-7-5-10(6-8-13)9-1-3-11(14)4-2-9/h1-4,10,14H,5-6H2. The van der Waals surface area contributed by atoms with Gasteiger partial charge in [0, 0.05) is 18.8 Å². The molecule has 0 spiro atoms. The van der Waals surface area contributed by atoms with E-state index in [1.807, 2.05) is 0 Å². The SMILES string of the molecule is N#CCC(CC#N)c1ccc(O)cc1. The van der Waals surface area contributed by atoms with Gasteiger partial charge >= 0.3 is 0 Å². The van der Waals surface area contributed by atoms with Gasteiger partial charge in [0.1, 0.15) is 5.75 Å². The van der Waals surface area contributed by atoms with Gasteiger partial charge in [0.05, 0.1) is 12.1 Å². The second-order valence-corrected chi connectivity index (χ2v) is 3.01. The Labute approximate surface area is 82.8 Å². The summed E-state index contributed by atoms with van der Waals surface area (Å²) in [5.74, 6) is 0.145. The Hall–Kier alpha value is -2.00. The van der Waals surface area contributed by atoms with Gasteiger partial charge in [0.25, 0.3) is 0 Å². The van der Waals surface area contributed by atoms with Crippen molar-refractivity contribution in [2.75, 3.05) is 0 Å². The molecule has 1 N–H and O–H groups in total. The minimum atomic E-state index is -0.0504. The molecule has 0 unspecified atom stereocenters. The van der Waals surface area contributed by atoms with Crippen molar-refractivity contribution >= 4 is 0 Å². The maximum absolute atomic E-state index is 9.07. The summed E-state index contributed by atoms with van der Waals surface area (Å²) < 4.78 is 0. The Kier molecular flexibility index (Phi) is 3.52. The van der Waals surface area contributed by atoms with Crippen molar-refractivity contribution in [3.63, 3.8) is 0 Å². The van der Waals surface area contributed by atoms with Gasteiger partial charge < -0.3 is 5.11 Å². The van der Waals surface area contributed by atoms with Crippen molar-refractivity contribution in [2.24, 2.45) is 0 Å². The average Bonchev–Trinajstić information content (AvgIpc) is 2.19. The van der Waals surface area contributed by atoms with Gasteiger partial charge in [-0.2, -0.15) is 10.5 Å². The minimum absolute atomic E-state index is 0.0504. The molecule has 70 valence electrons. The first-order valence-corrected chi connectivity index (χ1v) is 4.30. The van der Waals surface area contributed by atoms with Gasteiger partial charge in [0.15, 0.2) is 0 Å². The molecule has 0 aliphatic rings. The molecular weight excluding hydrogens is 176 g/mol. The predicted molar refractivity (Wildman–Crippen MR) is 51.3 cm³/mol. The van der Waals surface area contributed by atoms with Crippen LogP contribution in [0.2, 0.25) is 0 Å². The van der Waals surface area contributed by atoms with Gasteiger partial charge in [-0.3, -0.25) is 0 Å². The summed E-state index contributed by atoms with van der Waals surface area (Å²) in [5.41, 5.74) is 0.922. The highest BCUT2D eigenvalue weighted by Crippen LogP contribution is 2.24. The number of hydrogen-bond donors (Lipinski definition) is 1. The van der Waals surface area contributed by atoms with E-state index in [0.717, 1.165) is 5.56 Å². The molecule has 1 aromatic carbocycles.